The third-order valence-electron chi connectivity index (χ3n) is 3.15. The second-order valence-corrected chi connectivity index (χ2v) is 5.17. The van der Waals surface area contributed by atoms with Crippen molar-refractivity contribution in [2.45, 2.75) is 18.6 Å². The van der Waals surface area contributed by atoms with Crippen molar-refractivity contribution in [2.24, 2.45) is 0 Å². The predicted molar refractivity (Wildman–Crippen MR) is 75.1 cm³/mol. The predicted octanol–water partition coefficient (Wildman–Crippen LogP) is 1.53. The number of amides is 1. The van der Waals surface area contributed by atoms with E-state index in [1.807, 2.05) is 0 Å². The van der Waals surface area contributed by atoms with Gasteiger partial charge in [0, 0.05) is 0 Å². The summed E-state index contributed by atoms with van der Waals surface area (Å²) in [6.45, 7) is 0.794. The molecule has 0 aliphatic carbocycles. The van der Waals surface area contributed by atoms with Gasteiger partial charge in [0.05, 0.1) is 37.3 Å². The van der Waals surface area contributed by atoms with Gasteiger partial charge in [0.1, 0.15) is 5.82 Å². The molecular formula is C14H15ClFNO5. The molecule has 1 aromatic carbocycles. The molecule has 6 nitrogen and oxygen atoms in total. The van der Waals surface area contributed by atoms with Crippen LogP contribution in [0.1, 0.15) is 18.0 Å². The van der Waals surface area contributed by atoms with Gasteiger partial charge < -0.3 is 19.9 Å². The fourth-order valence-corrected chi connectivity index (χ4v) is 2.18. The molecule has 2 N–H and O–H groups in total. The molecule has 1 aliphatic heterocycles. The summed E-state index contributed by atoms with van der Waals surface area (Å²) < 4.78 is 23.9. The number of carboxylic acid groups (broad SMARTS) is 1. The zero-order chi connectivity index (χ0) is 16.1. The summed E-state index contributed by atoms with van der Waals surface area (Å²) in [7, 11) is 0. The molecule has 0 spiro atoms. The second kappa shape index (κ2) is 7.53. The van der Waals surface area contributed by atoms with Crippen LogP contribution in [0, 0.1) is 5.82 Å². The Balaban J connectivity index is 2.12. The number of halogens is 2. The van der Waals surface area contributed by atoms with Gasteiger partial charge >= 0.3 is 5.97 Å². The van der Waals surface area contributed by atoms with E-state index in [4.69, 9.17) is 26.2 Å². The summed E-state index contributed by atoms with van der Waals surface area (Å²) in [6.07, 6.45) is -1.19. The molecule has 8 heteroatoms. The molecule has 0 bridgehead atoms. The van der Waals surface area contributed by atoms with Crippen LogP contribution in [-0.2, 0) is 19.1 Å². The molecule has 1 fully saturated rings. The Morgan fingerprint density at radius 1 is 1.45 bits per heavy atom. The standard InChI is InChI=1S/C14H15ClFNO5/c15-9-2-1-8(5-10(9)16)11(6-13(18)19)17-14(20)12-7-21-3-4-22-12/h1-2,5,11-12H,3-4,6-7H2,(H,17,20)(H,18,19). The van der Waals surface area contributed by atoms with Crippen LogP contribution in [0.3, 0.4) is 0 Å². The van der Waals surface area contributed by atoms with Gasteiger partial charge in [-0.1, -0.05) is 17.7 Å². The Labute approximate surface area is 131 Å². The molecular weight excluding hydrogens is 317 g/mol. The molecule has 2 unspecified atom stereocenters. The van der Waals surface area contributed by atoms with Crippen LogP contribution >= 0.6 is 11.6 Å². The maximum atomic E-state index is 13.5. The summed E-state index contributed by atoms with van der Waals surface area (Å²) in [5.41, 5.74) is 0.314. The minimum atomic E-state index is -1.12. The maximum Gasteiger partial charge on any atom is 0.305 e. The highest BCUT2D eigenvalue weighted by Gasteiger charge is 2.26. The van der Waals surface area contributed by atoms with Gasteiger partial charge in [-0.05, 0) is 17.7 Å². The monoisotopic (exact) mass is 331 g/mol. The Morgan fingerprint density at radius 2 is 2.23 bits per heavy atom. The lowest BCUT2D eigenvalue weighted by molar-refractivity contribution is -0.148. The fourth-order valence-electron chi connectivity index (χ4n) is 2.06. The molecule has 0 saturated carbocycles. The number of carboxylic acids is 1. The SMILES string of the molecule is O=C(O)CC(NC(=O)C1COCCO1)c1ccc(Cl)c(F)c1. The molecule has 2 atom stereocenters. The Kier molecular flexibility index (Phi) is 5.70. The summed E-state index contributed by atoms with van der Waals surface area (Å²) >= 11 is 5.60. The van der Waals surface area contributed by atoms with Crippen molar-refractivity contribution < 1.29 is 28.6 Å². The summed E-state index contributed by atoms with van der Waals surface area (Å²) in [4.78, 5) is 23.1. The van der Waals surface area contributed by atoms with Crippen molar-refractivity contribution in [3.63, 3.8) is 0 Å². The van der Waals surface area contributed by atoms with Gasteiger partial charge in [0.25, 0.3) is 5.91 Å². The van der Waals surface area contributed by atoms with E-state index in [2.05, 4.69) is 5.32 Å². The van der Waals surface area contributed by atoms with Crippen molar-refractivity contribution >= 4 is 23.5 Å². The van der Waals surface area contributed by atoms with Crippen LogP contribution in [0.4, 0.5) is 4.39 Å². The molecule has 1 saturated heterocycles. The zero-order valence-corrected chi connectivity index (χ0v) is 12.3. The topological polar surface area (TPSA) is 84.9 Å². The maximum absolute atomic E-state index is 13.5. The van der Waals surface area contributed by atoms with Gasteiger partial charge in [-0.2, -0.15) is 0 Å². The lowest BCUT2D eigenvalue weighted by Gasteiger charge is -2.25. The normalized spacial score (nSPS) is 19.5. The lowest BCUT2D eigenvalue weighted by Crippen LogP contribution is -2.44. The molecule has 0 radical (unpaired) electrons. The first-order chi connectivity index (χ1) is 10.5. The average molecular weight is 332 g/mol. The van der Waals surface area contributed by atoms with Crippen LogP contribution < -0.4 is 5.32 Å². The van der Waals surface area contributed by atoms with Crippen molar-refractivity contribution in [1.82, 2.24) is 5.32 Å². The van der Waals surface area contributed by atoms with E-state index in [9.17, 15) is 14.0 Å². The number of rotatable bonds is 5. The second-order valence-electron chi connectivity index (χ2n) is 4.77. The third-order valence-corrected chi connectivity index (χ3v) is 3.46. The van der Waals surface area contributed by atoms with Crippen LogP contribution in [0.2, 0.25) is 5.02 Å². The largest absolute Gasteiger partial charge is 0.481 e. The van der Waals surface area contributed by atoms with E-state index in [-0.39, 0.29) is 24.7 Å². The number of aliphatic carboxylic acids is 1. The molecule has 1 aromatic rings. The van der Waals surface area contributed by atoms with Gasteiger partial charge in [-0.3, -0.25) is 9.59 Å². The fraction of sp³-hybridized carbons (Fsp3) is 0.429. The van der Waals surface area contributed by atoms with Gasteiger partial charge in [-0.25, -0.2) is 4.39 Å². The molecule has 2 rings (SSSR count). The molecule has 22 heavy (non-hydrogen) atoms. The first-order valence-electron chi connectivity index (χ1n) is 6.64. The van der Waals surface area contributed by atoms with Crippen LogP contribution in [0.15, 0.2) is 18.2 Å². The molecule has 1 aliphatic rings. The first-order valence-corrected chi connectivity index (χ1v) is 7.01. The highest BCUT2D eigenvalue weighted by molar-refractivity contribution is 6.30. The summed E-state index contributed by atoms with van der Waals surface area (Å²) in [6, 6.07) is 3.00. The number of carbonyl (C=O) groups excluding carboxylic acids is 1. The van der Waals surface area contributed by atoms with Gasteiger partial charge in [0.2, 0.25) is 0 Å². The number of hydrogen-bond donors (Lipinski definition) is 2. The van der Waals surface area contributed by atoms with Crippen molar-refractivity contribution in [1.29, 1.82) is 0 Å². The number of benzene rings is 1. The Morgan fingerprint density at radius 3 is 2.82 bits per heavy atom. The quantitative estimate of drug-likeness (QED) is 0.854. The van der Waals surface area contributed by atoms with Gasteiger partial charge in [0.15, 0.2) is 6.10 Å². The van der Waals surface area contributed by atoms with Crippen LogP contribution in [0.5, 0.6) is 0 Å². The molecule has 0 aromatic heterocycles. The van der Waals surface area contributed by atoms with Crippen molar-refractivity contribution in [2.75, 3.05) is 19.8 Å². The van der Waals surface area contributed by atoms with Crippen LogP contribution in [0.25, 0.3) is 0 Å². The van der Waals surface area contributed by atoms with E-state index in [0.29, 0.717) is 12.2 Å². The minimum Gasteiger partial charge on any atom is -0.481 e. The summed E-state index contributed by atoms with van der Waals surface area (Å²) in [5, 5.41) is 11.4. The third kappa shape index (κ3) is 4.40. The highest BCUT2D eigenvalue weighted by atomic mass is 35.5. The number of ether oxygens (including phenoxy) is 2. The summed E-state index contributed by atoms with van der Waals surface area (Å²) in [5.74, 6) is -2.30. The van der Waals surface area contributed by atoms with E-state index in [1.165, 1.54) is 12.1 Å². The van der Waals surface area contributed by atoms with Crippen molar-refractivity contribution in [3.8, 4) is 0 Å². The van der Waals surface area contributed by atoms with Crippen LogP contribution in [-0.4, -0.2) is 42.9 Å². The van der Waals surface area contributed by atoms with Crippen molar-refractivity contribution in [3.05, 3.63) is 34.6 Å². The Bertz CT molecular complexity index is 562. The molecule has 120 valence electrons. The first kappa shape index (κ1) is 16.7. The highest BCUT2D eigenvalue weighted by Crippen LogP contribution is 2.23. The average Bonchev–Trinajstić information content (AvgIpc) is 2.49. The van der Waals surface area contributed by atoms with Gasteiger partial charge in [-0.15, -0.1) is 0 Å². The number of carbonyl (C=O) groups is 2. The number of hydrogen-bond acceptors (Lipinski definition) is 4. The smallest absolute Gasteiger partial charge is 0.305 e. The van der Waals surface area contributed by atoms with E-state index < -0.39 is 29.8 Å². The van der Waals surface area contributed by atoms with E-state index in [0.717, 1.165) is 6.07 Å². The lowest BCUT2D eigenvalue weighted by atomic mass is 10.0. The van der Waals surface area contributed by atoms with E-state index in [1.54, 1.807) is 0 Å². The molecule has 1 heterocycles. The van der Waals surface area contributed by atoms with E-state index >= 15 is 0 Å². The molecule has 1 amide bonds. The minimum absolute atomic E-state index is 0.0758. The Hall–Kier alpha value is -1.70. The number of nitrogens with one attached hydrogen (secondary N) is 1. The zero-order valence-electron chi connectivity index (χ0n) is 11.6.